The molecule has 0 aromatic carbocycles. The maximum absolute atomic E-state index is 11.2. The van der Waals surface area contributed by atoms with E-state index in [0.29, 0.717) is 26.3 Å². The molecule has 0 aromatic heterocycles. The molecule has 1 amide bonds. The van der Waals surface area contributed by atoms with Crippen LogP contribution in [0.15, 0.2) is 12.7 Å². The molecule has 0 N–H and O–H groups in total. The van der Waals surface area contributed by atoms with Crippen LogP contribution >= 0.6 is 0 Å². The van der Waals surface area contributed by atoms with Gasteiger partial charge in [-0.05, 0) is 0 Å². The van der Waals surface area contributed by atoms with Crippen LogP contribution in [0.1, 0.15) is 0 Å². The number of carbonyl (C=O) groups is 1. The summed E-state index contributed by atoms with van der Waals surface area (Å²) >= 11 is 0. The second-order valence-corrected chi connectivity index (χ2v) is 2.59. The van der Waals surface area contributed by atoms with Gasteiger partial charge in [-0.25, -0.2) is 5.11 Å². The number of nitrogens with zero attached hydrogens (tertiary/aromatic N) is 1. The van der Waals surface area contributed by atoms with Gasteiger partial charge in [-0.15, -0.1) is 0 Å². The zero-order valence-corrected chi connectivity index (χ0v) is 6.86. The molecule has 1 aliphatic heterocycles. The van der Waals surface area contributed by atoms with E-state index in [2.05, 4.69) is 6.58 Å². The third-order valence-corrected chi connectivity index (χ3v) is 1.78. The van der Waals surface area contributed by atoms with Gasteiger partial charge in [0.2, 0.25) is 0 Å². The Morgan fingerprint density at radius 3 is 2.58 bits per heavy atom. The van der Waals surface area contributed by atoms with Crippen molar-refractivity contribution in [2.45, 2.75) is 6.10 Å². The van der Waals surface area contributed by atoms with Gasteiger partial charge >= 0.3 is 0 Å². The Kier molecular flexibility index (Phi) is 3.25. The first-order valence-corrected chi connectivity index (χ1v) is 3.90. The normalized spacial score (nSPS) is 20.2. The first-order chi connectivity index (χ1) is 5.75. The topological polar surface area (TPSA) is 49.4 Å². The number of hydrogen-bond donors (Lipinski definition) is 0. The van der Waals surface area contributed by atoms with Crippen LogP contribution in [0.3, 0.4) is 0 Å². The molecule has 1 heterocycles. The Labute approximate surface area is 71.4 Å². The van der Waals surface area contributed by atoms with Crippen LogP contribution in [0, 0.1) is 0 Å². The summed E-state index contributed by atoms with van der Waals surface area (Å²) in [5.74, 6) is -0.395. The Balaban J connectivity index is 2.44. The van der Waals surface area contributed by atoms with Crippen molar-refractivity contribution in [3.05, 3.63) is 12.7 Å². The zero-order chi connectivity index (χ0) is 8.97. The Hall–Kier alpha value is -0.870. The molecule has 1 radical (unpaired) electrons. The van der Waals surface area contributed by atoms with Crippen LogP contribution < -0.4 is 0 Å². The van der Waals surface area contributed by atoms with Crippen molar-refractivity contribution >= 4 is 5.91 Å². The molecule has 12 heavy (non-hydrogen) atoms. The van der Waals surface area contributed by atoms with Crippen LogP contribution in [0.25, 0.3) is 0 Å². The van der Waals surface area contributed by atoms with Crippen molar-refractivity contribution in [3.63, 3.8) is 0 Å². The molecule has 1 aliphatic rings. The fourth-order valence-electron chi connectivity index (χ4n) is 1.06. The molecule has 1 saturated heterocycles. The van der Waals surface area contributed by atoms with Crippen LogP contribution in [0.4, 0.5) is 0 Å². The van der Waals surface area contributed by atoms with Gasteiger partial charge in [0, 0.05) is 13.1 Å². The average molecular weight is 170 g/mol. The molecular formula is C8H12NO3. The van der Waals surface area contributed by atoms with E-state index >= 15 is 0 Å². The van der Waals surface area contributed by atoms with E-state index in [0.717, 1.165) is 6.08 Å². The molecule has 0 saturated carbocycles. The SMILES string of the molecule is C=CC([O])C(=O)N1CCOCC1. The summed E-state index contributed by atoms with van der Waals surface area (Å²) in [5.41, 5.74) is 0. The highest BCUT2D eigenvalue weighted by atomic mass is 16.5. The van der Waals surface area contributed by atoms with Gasteiger partial charge in [-0.3, -0.25) is 4.79 Å². The van der Waals surface area contributed by atoms with Gasteiger partial charge in [0.25, 0.3) is 5.91 Å². The second-order valence-electron chi connectivity index (χ2n) is 2.59. The molecule has 67 valence electrons. The van der Waals surface area contributed by atoms with Crippen molar-refractivity contribution in [2.24, 2.45) is 0 Å². The molecule has 0 aromatic rings. The average Bonchev–Trinajstić information content (AvgIpc) is 2.17. The van der Waals surface area contributed by atoms with Crippen molar-refractivity contribution in [2.75, 3.05) is 26.3 Å². The van der Waals surface area contributed by atoms with Gasteiger partial charge in [0.1, 0.15) is 0 Å². The molecule has 1 fully saturated rings. The highest BCUT2D eigenvalue weighted by molar-refractivity contribution is 5.82. The minimum absolute atomic E-state index is 0.395. The van der Waals surface area contributed by atoms with Gasteiger partial charge in [0.15, 0.2) is 6.10 Å². The van der Waals surface area contributed by atoms with Gasteiger partial charge in [0.05, 0.1) is 13.2 Å². The number of hydrogen-bond acceptors (Lipinski definition) is 2. The fraction of sp³-hybridized carbons (Fsp3) is 0.625. The lowest BCUT2D eigenvalue weighted by Gasteiger charge is -2.27. The maximum Gasteiger partial charge on any atom is 0.259 e. The summed E-state index contributed by atoms with van der Waals surface area (Å²) in [6, 6.07) is 0. The summed E-state index contributed by atoms with van der Waals surface area (Å²) < 4.78 is 5.04. The number of rotatable bonds is 2. The molecule has 0 bridgehead atoms. The lowest BCUT2D eigenvalue weighted by Crippen LogP contribution is -2.44. The van der Waals surface area contributed by atoms with E-state index in [4.69, 9.17) is 4.74 Å². The van der Waals surface area contributed by atoms with Crippen molar-refractivity contribution in [3.8, 4) is 0 Å². The van der Waals surface area contributed by atoms with Crippen molar-refractivity contribution in [1.29, 1.82) is 0 Å². The van der Waals surface area contributed by atoms with Crippen LogP contribution in [0.5, 0.6) is 0 Å². The zero-order valence-electron chi connectivity index (χ0n) is 6.86. The largest absolute Gasteiger partial charge is 0.378 e. The maximum atomic E-state index is 11.2. The Morgan fingerprint density at radius 1 is 1.50 bits per heavy atom. The molecule has 0 aliphatic carbocycles. The summed E-state index contributed by atoms with van der Waals surface area (Å²) in [6.07, 6.45) is -0.194. The standard InChI is InChI=1S/C8H12NO3/c1-2-7(10)8(11)9-3-5-12-6-4-9/h2,7H,1,3-6H2. The lowest BCUT2D eigenvalue weighted by molar-refractivity contribution is -0.144. The van der Waals surface area contributed by atoms with Crippen molar-refractivity contribution < 1.29 is 14.6 Å². The minimum Gasteiger partial charge on any atom is -0.378 e. The summed E-state index contributed by atoms with van der Waals surface area (Å²) in [4.78, 5) is 12.7. The van der Waals surface area contributed by atoms with Gasteiger partial charge in [-0.2, -0.15) is 0 Å². The summed E-state index contributed by atoms with van der Waals surface area (Å²) in [5, 5.41) is 10.9. The number of carbonyl (C=O) groups excluding carboxylic acids is 1. The quantitative estimate of drug-likeness (QED) is 0.540. The van der Waals surface area contributed by atoms with Gasteiger partial charge in [-0.1, -0.05) is 12.7 Å². The minimum atomic E-state index is -1.32. The van der Waals surface area contributed by atoms with Gasteiger partial charge < -0.3 is 9.64 Å². The number of amides is 1. The smallest absolute Gasteiger partial charge is 0.259 e. The van der Waals surface area contributed by atoms with E-state index in [1.807, 2.05) is 0 Å². The van der Waals surface area contributed by atoms with E-state index in [9.17, 15) is 9.90 Å². The summed E-state index contributed by atoms with van der Waals surface area (Å²) in [7, 11) is 0. The highest BCUT2D eigenvalue weighted by Crippen LogP contribution is 2.01. The first kappa shape index (κ1) is 9.22. The summed E-state index contributed by atoms with van der Waals surface area (Å²) in [6.45, 7) is 5.37. The van der Waals surface area contributed by atoms with E-state index < -0.39 is 12.0 Å². The predicted molar refractivity (Wildman–Crippen MR) is 42.1 cm³/mol. The highest BCUT2D eigenvalue weighted by Gasteiger charge is 2.22. The van der Waals surface area contributed by atoms with E-state index in [1.165, 1.54) is 4.90 Å². The third-order valence-electron chi connectivity index (χ3n) is 1.78. The van der Waals surface area contributed by atoms with Crippen LogP contribution in [-0.4, -0.2) is 43.2 Å². The van der Waals surface area contributed by atoms with Crippen LogP contribution in [-0.2, 0) is 14.6 Å². The molecule has 1 atom stereocenters. The molecule has 4 heteroatoms. The Morgan fingerprint density at radius 2 is 2.08 bits per heavy atom. The second kappa shape index (κ2) is 4.23. The van der Waals surface area contributed by atoms with Crippen LogP contribution in [0.2, 0.25) is 0 Å². The molecule has 1 unspecified atom stereocenters. The molecule has 4 nitrogen and oxygen atoms in total. The van der Waals surface area contributed by atoms with E-state index in [-0.39, 0.29) is 0 Å². The lowest BCUT2D eigenvalue weighted by atomic mass is 10.3. The number of morpholine rings is 1. The third kappa shape index (κ3) is 2.06. The predicted octanol–water partition coefficient (Wildman–Crippen LogP) is -0.170. The number of ether oxygens (including phenoxy) is 1. The van der Waals surface area contributed by atoms with E-state index in [1.54, 1.807) is 0 Å². The Bertz CT molecular complexity index is 175. The fourth-order valence-corrected chi connectivity index (χ4v) is 1.06. The molecular weight excluding hydrogens is 158 g/mol. The molecule has 1 rings (SSSR count). The van der Waals surface area contributed by atoms with Crippen molar-refractivity contribution in [1.82, 2.24) is 4.90 Å². The monoisotopic (exact) mass is 170 g/mol. The first-order valence-electron chi connectivity index (χ1n) is 3.90. The molecule has 0 spiro atoms.